The first kappa shape index (κ1) is 14.4. The lowest BCUT2D eigenvalue weighted by atomic mass is 9.78. The fraction of sp³-hybridized carbons (Fsp3) is 0.643. The highest BCUT2D eigenvalue weighted by molar-refractivity contribution is 6.29. The van der Waals surface area contributed by atoms with Crippen molar-refractivity contribution in [2.45, 2.75) is 44.6 Å². The van der Waals surface area contributed by atoms with Gasteiger partial charge in [-0.1, -0.05) is 24.9 Å². The lowest BCUT2D eigenvalue weighted by Crippen LogP contribution is -2.40. The van der Waals surface area contributed by atoms with Crippen LogP contribution in [-0.4, -0.2) is 22.2 Å². The predicted molar refractivity (Wildman–Crippen MR) is 79.3 cm³/mol. The average Bonchev–Trinajstić information content (AvgIpc) is 2.41. The fourth-order valence-electron chi connectivity index (χ4n) is 2.64. The van der Waals surface area contributed by atoms with E-state index in [0.717, 1.165) is 31.6 Å². The zero-order chi connectivity index (χ0) is 13.9. The van der Waals surface area contributed by atoms with E-state index < -0.39 is 5.60 Å². The molecule has 1 aliphatic rings. The first-order valence-electron chi connectivity index (χ1n) is 6.91. The molecule has 106 valence electrons. The number of halogens is 1. The molecule has 0 aliphatic heterocycles. The highest BCUT2D eigenvalue weighted by Crippen LogP contribution is 2.34. The van der Waals surface area contributed by atoms with E-state index in [1.807, 2.05) is 0 Å². The summed E-state index contributed by atoms with van der Waals surface area (Å²) in [6.45, 7) is 2.69. The number of aromatic nitrogens is 1. The van der Waals surface area contributed by atoms with E-state index in [2.05, 4.69) is 17.2 Å². The number of nitrogens with one attached hydrogen (secondary N) is 1. The molecular formula is C14H22ClN3O. The van der Waals surface area contributed by atoms with Crippen LogP contribution in [0.4, 0.5) is 11.5 Å². The minimum Gasteiger partial charge on any atom is -0.396 e. The zero-order valence-corrected chi connectivity index (χ0v) is 12.1. The van der Waals surface area contributed by atoms with Crippen molar-refractivity contribution in [1.29, 1.82) is 0 Å². The van der Waals surface area contributed by atoms with Crippen LogP contribution in [0.2, 0.25) is 5.15 Å². The molecule has 1 aliphatic carbocycles. The summed E-state index contributed by atoms with van der Waals surface area (Å²) in [7, 11) is 0. The van der Waals surface area contributed by atoms with Crippen LogP contribution in [0, 0.1) is 5.92 Å². The van der Waals surface area contributed by atoms with Crippen molar-refractivity contribution in [1.82, 2.24) is 4.98 Å². The number of aliphatic hydroxyl groups is 1. The van der Waals surface area contributed by atoms with Gasteiger partial charge in [0.1, 0.15) is 5.15 Å². The maximum absolute atomic E-state index is 10.5. The monoisotopic (exact) mass is 283 g/mol. The van der Waals surface area contributed by atoms with E-state index in [4.69, 9.17) is 17.3 Å². The number of nitrogens with zero attached hydrogens (tertiary/aromatic N) is 1. The summed E-state index contributed by atoms with van der Waals surface area (Å²) in [6, 6.07) is 3.37. The Balaban J connectivity index is 1.93. The molecule has 1 heterocycles. The molecule has 0 aromatic carbocycles. The number of nitrogens with two attached hydrogens (primary N) is 1. The maximum atomic E-state index is 10.5. The quantitative estimate of drug-likeness (QED) is 0.743. The molecule has 0 unspecified atom stereocenters. The smallest absolute Gasteiger partial charge is 0.151 e. The molecule has 4 N–H and O–H groups in total. The number of pyridine rings is 1. The van der Waals surface area contributed by atoms with Crippen LogP contribution in [0.5, 0.6) is 0 Å². The van der Waals surface area contributed by atoms with Crippen molar-refractivity contribution in [3.8, 4) is 0 Å². The van der Waals surface area contributed by atoms with Crippen LogP contribution in [0.1, 0.15) is 39.0 Å². The molecule has 19 heavy (non-hydrogen) atoms. The van der Waals surface area contributed by atoms with Gasteiger partial charge in [0.2, 0.25) is 0 Å². The van der Waals surface area contributed by atoms with Crippen molar-refractivity contribution in [2.24, 2.45) is 5.92 Å². The van der Waals surface area contributed by atoms with E-state index in [1.165, 1.54) is 6.42 Å². The fourth-order valence-corrected chi connectivity index (χ4v) is 2.78. The molecule has 1 aromatic heterocycles. The van der Waals surface area contributed by atoms with E-state index >= 15 is 0 Å². The van der Waals surface area contributed by atoms with Gasteiger partial charge in [-0.15, -0.1) is 0 Å². The zero-order valence-electron chi connectivity index (χ0n) is 11.3. The molecule has 4 nitrogen and oxygen atoms in total. The normalized spacial score (nSPS) is 27.2. The Morgan fingerprint density at radius 2 is 2.16 bits per heavy atom. The van der Waals surface area contributed by atoms with E-state index in [0.29, 0.717) is 23.2 Å². The van der Waals surface area contributed by atoms with Gasteiger partial charge in [0, 0.05) is 6.54 Å². The number of hydrogen-bond acceptors (Lipinski definition) is 4. The third-order valence-corrected chi connectivity index (χ3v) is 4.30. The van der Waals surface area contributed by atoms with Crippen molar-refractivity contribution in [3.63, 3.8) is 0 Å². The number of rotatable bonds is 4. The first-order valence-corrected chi connectivity index (χ1v) is 7.28. The summed E-state index contributed by atoms with van der Waals surface area (Å²) < 4.78 is 0. The minimum atomic E-state index is -0.651. The standard InChI is InChI=1S/C14H22ClN3O/c1-2-10-5-7-14(19,8-6-10)9-17-13-11(16)3-4-12(15)18-13/h3-4,10,19H,2,5-9,16H2,1H3,(H,17,18). The van der Waals surface area contributed by atoms with Crippen LogP contribution < -0.4 is 11.1 Å². The van der Waals surface area contributed by atoms with Gasteiger partial charge in [0.05, 0.1) is 11.3 Å². The van der Waals surface area contributed by atoms with Crippen LogP contribution in [0.3, 0.4) is 0 Å². The van der Waals surface area contributed by atoms with Gasteiger partial charge in [-0.2, -0.15) is 0 Å². The second-order valence-electron chi connectivity index (χ2n) is 5.50. The van der Waals surface area contributed by atoms with Gasteiger partial charge in [-0.05, 0) is 43.7 Å². The predicted octanol–water partition coefficient (Wildman–Crippen LogP) is 3.06. The van der Waals surface area contributed by atoms with Gasteiger partial charge in [-0.25, -0.2) is 4.98 Å². The van der Waals surface area contributed by atoms with Gasteiger partial charge < -0.3 is 16.2 Å². The second kappa shape index (κ2) is 5.97. The molecule has 1 fully saturated rings. The molecule has 1 saturated carbocycles. The SMILES string of the molecule is CCC1CCC(O)(CNc2nc(Cl)ccc2N)CC1. The number of hydrogen-bond donors (Lipinski definition) is 3. The van der Waals surface area contributed by atoms with Gasteiger partial charge in [-0.3, -0.25) is 0 Å². The molecule has 0 bridgehead atoms. The third-order valence-electron chi connectivity index (χ3n) is 4.09. The molecule has 5 heteroatoms. The maximum Gasteiger partial charge on any atom is 0.151 e. The topological polar surface area (TPSA) is 71.2 Å². The van der Waals surface area contributed by atoms with Crippen molar-refractivity contribution in [3.05, 3.63) is 17.3 Å². The number of nitrogen functional groups attached to an aromatic ring is 1. The lowest BCUT2D eigenvalue weighted by molar-refractivity contribution is 0.00224. The van der Waals surface area contributed by atoms with Crippen LogP contribution in [-0.2, 0) is 0 Å². The van der Waals surface area contributed by atoms with Crippen molar-refractivity contribution in [2.75, 3.05) is 17.6 Å². The Morgan fingerprint density at radius 3 is 2.79 bits per heavy atom. The Bertz CT molecular complexity index is 431. The largest absolute Gasteiger partial charge is 0.396 e. The second-order valence-corrected chi connectivity index (χ2v) is 5.89. The summed E-state index contributed by atoms with van der Waals surface area (Å²) in [5.41, 5.74) is 5.73. The molecule has 0 saturated heterocycles. The van der Waals surface area contributed by atoms with Crippen LogP contribution in [0.15, 0.2) is 12.1 Å². The highest BCUT2D eigenvalue weighted by Gasteiger charge is 2.32. The molecule has 2 rings (SSSR count). The summed E-state index contributed by atoms with van der Waals surface area (Å²) in [5, 5.41) is 14.1. The molecular weight excluding hydrogens is 262 g/mol. The third kappa shape index (κ3) is 3.74. The van der Waals surface area contributed by atoms with Crippen LogP contribution >= 0.6 is 11.6 Å². The van der Waals surface area contributed by atoms with E-state index in [-0.39, 0.29) is 0 Å². The minimum absolute atomic E-state index is 0.401. The highest BCUT2D eigenvalue weighted by atomic mass is 35.5. The van der Waals surface area contributed by atoms with Crippen LogP contribution in [0.25, 0.3) is 0 Å². The van der Waals surface area contributed by atoms with Gasteiger partial charge in [0.15, 0.2) is 5.82 Å². The Labute approximate surface area is 119 Å². The Morgan fingerprint density at radius 1 is 1.47 bits per heavy atom. The van der Waals surface area contributed by atoms with E-state index in [1.54, 1.807) is 12.1 Å². The Kier molecular flexibility index (Phi) is 4.53. The lowest BCUT2D eigenvalue weighted by Gasteiger charge is -2.36. The Hall–Kier alpha value is -1.00. The molecule has 0 radical (unpaired) electrons. The summed E-state index contributed by atoms with van der Waals surface area (Å²) in [5.74, 6) is 1.31. The molecule has 0 spiro atoms. The average molecular weight is 284 g/mol. The molecule has 0 amide bonds. The van der Waals surface area contributed by atoms with Crippen molar-refractivity contribution >= 4 is 23.1 Å². The first-order chi connectivity index (χ1) is 9.02. The molecule has 1 aromatic rings. The summed E-state index contributed by atoms with van der Waals surface area (Å²) in [4.78, 5) is 4.14. The van der Waals surface area contributed by atoms with E-state index in [9.17, 15) is 5.11 Å². The molecule has 0 atom stereocenters. The summed E-state index contributed by atoms with van der Waals surface area (Å²) >= 11 is 5.84. The van der Waals surface area contributed by atoms with Gasteiger partial charge in [0.25, 0.3) is 0 Å². The van der Waals surface area contributed by atoms with Crippen molar-refractivity contribution < 1.29 is 5.11 Å². The summed E-state index contributed by atoms with van der Waals surface area (Å²) in [6.07, 6.45) is 5.05. The van der Waals surface area contributed by atoms with Gasteiger partial charge >= 0.3 is 0 Å². The number of anilines is 2.